The lowest BCUT2D eigenvalue weighted by Gasteiger charge is -2.50. The van der Waals surface area contributed by atoms with E-state index in [1.165, 1.54) is 0 Å². The molecule has 0 aromatic rings. The van der Waals surface area contributed by atoms with E-state index in [0.717, 1.165) is 50.5 Å². The third kappa shape index (κ3) is 3.53. The summed E-state index contributed by atoms with van der Waals surface area (Å²) >= 11 is 0. The van der Waals surface area contributed by atoms with Crippen LogP contribution in [0.4, 0.5) is 0 Å². The van der Waals surface area contributed by atoms with Crippen LogP contribution in [0.2, 0.25) is 0 Å². The lowest BCUT2D eigenvalue weighted by atomic mass is 9.57. The van der Waals surface area contributed by atoms with Gasteiger partial charge in [0.2, 0.25) is 5.79 Å². The standard InChI is InChI=1S/C30H42O6/c1-17-14-30(15-18(2)26(32)36-30)34-23-16-28(5)10-7-8-21-20-12-19(9-11-29(28,6)25(17)23)33-22(20)13-24(31)35-27(21,3)4/h12-13,17-19,21,23,25H,7-11,14-16H2,1-6H3/t17-,18-,19-,21-,23-,25+,28-,29-,30+/m1/s1. The maximum absolute atomic E-state index is 12.5. The molecule has 198 valence electrons. The minimum atomic E-state index is -0.740. The molecule has 0 aromatic heterocycles. The van der Waals surface area contributed by atoms with Gasteiger partial charge in [-0.25, -0.2) is 4.79 Å². The first-order valence-corrected chi connectivity index (χ1v) is 14.1. The molecule has 6 heteroatoms. The van der Waals surface area contributed by atoms with Gasteiger partial charge in [-0.2, -0.15) is 0 Å². The van der Waals surface area contributed by atoms with Crippen molar-refractivity contribution in [1.29, 1.82) is 0 Å². The van der Waals surface area contributed by atoms with E-state index in [2.05, 4.69) is 26.8 Å². The molecule has 1 saturated carbocycles. The highest BCUT2D eigenvalue weighted by atomic mass is 16.7. The SMILES string of the molecule is C[C@@H]1C[C@]2(C[C@@H](C)[C@H]3[C@@H](C[C@@]4(C)CCC[C@@H]5C6=C[C@@H](CC[C@]34C)OC6=CC(=O)OC5(C)C)O2)OC1=O. The van der Waals surface area contributed by atoms with Crippen LogP contribution in [-0.2, 0) is 28.5 Å². The van der Waals surface area contributed by atoms with Crippen LogP contribution in [0.5, 0.6) is 0 Å². The van der Waals surface area contributed by atoms with Crippen LogP contribution in [0.15, 0.2) is 23.5 Å². The predicted molar refractivity (Wildman–Crippen MR) is 133 cm³/mol. The number of fused-ring (bicyclic) bond motifs is 4. The zero-order chi connectivity index (χ0) is 25.7. The highest BCUT2D eigenvalue weighted by molar-refractivity contribution is 5.84. The Bertz CT molecular complexity index is 1040. The summed E-state index contributed by atoms with van der Waals surface area (Å²) in [6.45, 7) is 13.3. The average Bonchev–Trinajstić information content (AvgIpc) is 3.31. The molecule has 0 radical (unpaired) electrons. The molecular weight excluding hydrogens is 456 g/mol. The second kappa shape index (κ2) is 7.85. The van der Waals surface area contributed by atoms with Crippen molar-refractivity contribution < 1.29 is 28.5 Å². The predicted octanol–water partition coefficient (Wildman–Crippen LogP) is 5.85. The molecule has 2 aliphatic carbocycles. The maximum atomic E-state index is 12.5. The Kier molecular flexibility index (Phi) is 5.34. The second-order valence-corrected chi connectivity index (χ2v) is 13.8. The summed E-state index contributed by atoms with van der Waals surface area (Å²) < 4.78 is 24.9. The summed E-state index contributed by atoms with van der Waals surface area (Å²) in [6.07, 6.45) is 11.4. The third-order valence-corrected chi connectivity index (χ3v) is 11.0. The van der Waals surface area contributed by atoms with Gasteiger partial charge >= 0.3 is 11.9 Å². The number of esters is 2. The zero-order valence-corrected chi connectivity index (χ0v) is 22.7. The number of carbonyl (C=O) groups is 2. The molecule has 0 unspecified atom stereocenters. The maximum Gasteiger partial charge on any atom is 0.335 e. The van der Waals surface area contributed by atoms with Gasteiger partial charge in [-0.05, 0) is 74.7 Å². The van der Waals surface area contributed by atoms with Gasteiger partial charge in [0.1, 0.15) is 17.5 Å². The number of ether oxygens (including phenoxy) is 4. The fourth-order valence-electron chi connectivity index (χ4n) is 9.17. The molecule has 6 aliphatic rings. The van der Waals surface area contributed by atoms with Crippen molar-refractivity contribution >= 4 is 11.9 Å². The molecule has 36 heavy (non-hydrogen) atoms. The molecule has 4 heterocycles. The molecule has 0 N–H and O–H groups in total. The number of carbonyl (C=O) groups excluding carboxylic acids is 2. The number of allylic oxidation sites excluding steroid dienone is 1. The number of hydrogen-bond acceptors (Lipinski definition) is 6. The molecular formula is C30H42O6. The summed E-state index contributed by atoms with van der Waals surface area (Å²) in [5.74, 6) is 0.397. The van der Waals surface area contributed by atoms with Crippen LogP contribution < -0.4 is 0 Å². The molecule has 2 saturated heterocycles. The van der Waals surface area contributed by atoms with Gasteiger partial charge < -0.3 is 18.9 Å². The molecule has 0 aromatic carbocycles. The average molecular weight is 499 g/mol. The Balaban J connectivity index is 1.32. The fraction of sp³-hybridized carbons (Fsp3) is 0.800. The Morgan fingerprint density at radius 3 is 2.44 bits per heavy atom. The molecule has 1 spiro atoms. The van der Waals surface area contributed by atoms with E-state index in [9.17, 15) is 9.59 Å². The van der Waals surface area contributed by atoms with Crippen LogP contribution in [0, 0.1) is 34.5 Å². The summed E-state index contributed by atoms with van der Waals surface area (Å²) in [5, 5.41) is 0. The van der Waals surface area contributed by atoms with Gasteiger partial charge in [-0.15, -0.1) is 0 Å². The Morgan fingerprint density at radius 1 is 0.944 bits per heavy atom. The van der Waals surface area contributed by atoms with Crippen LogP contribution in [0.3, 0.4) is 0 Å². The van der Waals surface area contributed by atoms with E-state index >= 15 is 0 Å². The monoisotopic (exact) mass is 498 g/mol. The highest BCUT2D eigenvalue weighted by Crippen LogP contribution is 2.67. The van der Waals surface area contributed by atoms with E-state index in [-0.39, 0.29) is 46.8 Å². The van der Waals surface area contributed by atoms with E-state index in [1.54, 1.807) is 6.08 Å². The Labute approximate surface area is 215 Å². The normalized spacial score (nSPS) is 49.5. The summed E-state index contributed by atoms with van der Waals surface area (Å²) in [6, 6.07) is 0. The quantitative estimate of drug-likeness (QED) is 0.390. The molecule has 2 bridgehead atoms. The van der Waals surface area contributed by atoms with Crippen molar-refractivity contribution in [3.05, 3.63) is 23.5 Å². The van der Waals surface area contributed by atoms with Gasteiger partial charge in [0.05, 0.1) is 18.1 Å². The highest BCUT2D eigenvalue weighted by Gasteiger charge is 2.65. The van der Waals surface area contributed by atoms with E-state index < -0.39 is 11.4 Å². The van der Waals surface area contributed by atoms with Crippen molar-refractivity contribution in [2.75, 3.05) is 0 Å². The first kappa shape index (κ1) is 24.5. The number of rotatable bonds is 0. The molecule has 3 fully saturated rings. The largest absolute Gasteiger partial charge is 0.486 e. The van der Waals surface area contributed by atoms with E-state index in [1.807, 2.05) is 20.8 Å². The van der Waals surface area contributed by atoms with Gasteiger partial charge in [-0.3, -0.25) is 4.79 Å². The van der Waals surface area contributed by atoms with Gasteiger partial charge in [0, 0.05) is 24.3 Å². The lowest BCUT2D eigenvalue weighted by Crippen LogP contribution is -2.50. The number of cyclic esters (lactones) is 1. The van der Waals surface area contributed by atoms with Gasteiger partial charge in [-0.1, -0.05) is 34.1 Å². The minimum Gasteiger partial charge on any atom is -0.486 e. The summed E-state index contributed by atoms with van der Waals surface area (Å²) in [7, 11) is 0. The summed E-state index contributed by atoms with van der Waals surface area (Å²) in [4.78, 5) is 24.8. The van der Waals surface area contributed by atoms with Crippen LogP contribution in [-0.4, -0.2) is 35.5 Å². The van der Waals surface area contributed by atoms with Crippen molar-refractivity contribution in [3.63, 3.8) is 0 Å². The van der Waals surface area contributed by atoms with Crippen molar-refractivity contribution in [2.24, 2.45) is 34.5 Å². The smallest absolute Gasteiger partial charge is 0.335 e. The Morgan fingerprint density at radius 2 is 1.72 bits per heavy atom. The lowest BCUT2D eigenvalue weighted by molar-refractivity contribution is -0.276. The van der Waals surface area contributed by atoms with Gasteiger partial charge in [0.25, 0.3) is 0 Å². The minimum absolute atomic E-state index is 0.0172. The zero-order valence-electron chi connectivity index (χ0n) is 22.7. The first-order valence-electron chi connectivity index (χ1n) is 14.1. The van der Waals surface area contributed by atoms with Crippen LogP contribution in [0.1, 0.15) is 92.9 Å². The molecule has 4 aliphatic heterocycles. The second-order valence-electron chi connectivity index (χ2n) is 13.8. The van der Waals surface area contributed by atoms with Gasteiger partial charge in [0.15, 0.2) is 0 Å². The Hall–Kier alpha value is -1.82. The van der Waals surface area contributed by atoms with Crippen molar-refractivity contribution in [3.8, 4) is 0 Å². The fourth-order valence-corrected chi connectivity index (χ4v) is 9.17. The van der Waals surface area contributed by atoms with E-state index in [0.29, 0.717) is 24.0 Å². The topological polar surface area (TPSA) is 71.1 Å². The number of hydrogen-bond donors (Lipinski definition) is 0. The molecule has 0 amide bonds. The van der Waals surface area contributed by atoms with Crippen LogP contribution in [0.25, 0.3) is 0 Å². The molecule has 9 atom stereocenters. The molecule has 6 rings (SSSR count). The molecule has 6 nitrogen and oxygen atoms in total. The summed E-state index contributed by atoms with van der Waals surface area (Å²) in [5.41, 5.74) is 0.770. The van der Waals surface area contributed by atoms with Crippen molar-refractivity contribution in [2.45, 2.75) is 117 Å². The third-order valence-electron chi connectivity index (χ3n) is 11.0. The van der Waals surface area contributed by atoms with Crippen molar-refractivity contribution in [1.82, 2.24) is 0 Å². The van der Waals surface area contributed by atoms with E-state index in [4.69, 9.17) is 18.9 Å². The first-order chi connectivity index (χ1) is 16.8. The van der Waals surface area contributed by atoms with Crippen LogP contribution >= 0.6 is 0 Å².